The number of hydrogen-bond acceptors (Lipinski definition) is 3. The van der Waals surface area contributed by atoms with E-state index in [1.54, 1.807) is 26.0 Å². The van der Waals surface area contributed by atoms with E-state index in [1.165, 1.54) is 0 Å². The maximum atomic E-state index is 12.9. The molecule has 0 unspecified atom stereocenters. The second-order valence-corrected chi connectivity index (χ2v) is 6.33. The molecule has 2 aromatic rings. The van der Waals surface area contributed by atoms with Crippen LogP contribution >= 0.6 is 0 Å². The highest BCUT2D eigenvalue weighted by Gasteiger charge is 2.25. The number of nitrogens with one attached hydrogen (secondary N) is 1. The minimum Gasteiger partial charge on any atom is -0.497 e. The zero-order chi connectivity index (χ0) is 19.1. The molecule has 5 nitrogen and oxygen atoms in total. The monoisotopic (exact) mass is 354 g/mol. The van der Waals surface area contributed by atoms with Crippen molar-refractivity contribution in [1.82, 2.24) is 10.2 Å². The van der Waals surface area contributed by atoms with E-state index in [2.05, 4.69) is 5.32 Å². The van der Waals surface area contributed by atoms with Crippen LogP contribution in [0.2, 0.25) is 0 Å². The molecule has 0 saturated carbocycles. The summed E-state index contributed by atoms with van der Waals surface area (Å²) >= 11 is 0. The van der Waals surface area contributed by atoms with Crippen LogP contribution in [0.25, 0.3) is 0 Å². The van der Waals surface area contributed by atoms with Crippen LogP contribution in [0.5, 0.6) is 5.75 Å². The van der Waals surface area contributed by atoms with Crippen molar-refractivity contribution >= 4 is 11.8 Å². The number of nitrogens with zero attached hydrogens (tertiary/aromatic N) is 1. The average molecular weight is 354 g/mol. The molecule has 0 aliphatic carbocycles. The van der Waals surface area contributed by atoms with E-state index >= 15 is 0 Å². The number of rotatable bonds is 7. The van der Waals surface area contributed by atoms with E-state index < -0.39 is 6.04 Å². The third kappa shape index (κ3) is 5.09. The normalized spacial score (nSPS) is 11.5. The van der Waals surface area contributed by atoms with Crippen molar-refractivity contribution < 1.29 is 14.3 Å². The molecule has 2 rings (SSSR count). The van der Waals surface area contributed by atoms with Crippen molar-refractivity contribution in [1.29, 1.82) is 0 Å². The van der Waals surface area contributed by atoms with Gasteiger partial charge in [0.05, 0.1) is 13.5 Å². The second-order valence-electron chi connectivity index (χ2n) is 6.33. The maximum Gasteiger partial charge on any atom is 0.242 e. The lowest BCUT2D eigenvalue weighted by Crippen LogP contribution is -2.47. The van der Waals surface area contributed by atoms with Gasteiger partial charge in [0.2, 0.25) is 11.8 Å². The fourth-order valence-corrected chi connectivity index (χ4v) is 2.82. The summed E-state index contributed by atoms with van der Waals surface area (Å²) in [6.45, 7) is 4.11. The molecule has 0 fully saturated rings. The molecule has 2 aromatic carbocycles. The Balaban J connectivity index is 2.21. The van der Waals surface area contributed by atoms with Gasteiger partial charge in [-0.15, -0.1) is 0 Å². The number of carbonyl (C=O) groups is 2. The number of carbonyl (C=O) groups excluding carboxylic acids is 2. The van der Waals surface area contributed by atoms with Crippen LogP contribution in [-0.4, -0.2) is 36.9 Å². The first-order valence-electron chi connectivity index (χ1n) is 8.64. The molecule has 2 amide bonds. The molecule has 0 aromatic heterocycles. The molecule has 0 radical (unpaired) electrons. The van der Waals surface area contributed by atoms with E-state index in [4.69, 9.17) is 4.74 Å². The quantitative estimate of drug-likeness (QED) is 0.832. The third-order valence-electron chi connectivity index (χ3n) is 4.36. The van der Waals surface area contributed by atoms with Gasteiger partial charge in [0.25, 0.3) is 0 Å². The lowest BCUT2D eigenvalue weighted by molar-refractivity contribution is -0.139. The Morgan fingerprint density at radius 1 is 1.12 bits per heavy atom. The van der Waals surface area contributed by atoms with Crippen LogP contribution in [0.4, 0.5) is 0 Å². The molecular weight excluding hydrogens is 328 g/mol. The minimum absolute atomic E-state index is 0.0810. The predicted molar refractivity (Wildman–Crippen MR) is 102 cm³/mol. The average Bonchev–Trinajstić information content (AvgIpc) is 2.65. The Hall–Kier alpha value is -2.82. The van der Waals surface area contributed by atoms with Crippen molar-refractivity contribution in [3.05, 3.63) is 65.2 Å². The Bertz CT molecular complexity index is 756. The van der Waals surface area contributed by atoms with Crippen molar-refractivity contribution in [3.8, 4) is 5.75 Å². The van der Waals surface area contributed by atoms with Crippen LogP contribution in [0.1, 0.15) is 23.6 Å². The predicted octanol–water partition coefficient (Wildman–Crippen LogP) is 2.71. The fraction of sp³-hybridized carbons (Fsp3) is 0.333. The van der Waals surface area contributed by atoms with Crippen LogP contribution in [0.3, 0.4) is 0 Å². The van der Waals surface area contributed by atoms with Gasteiger partial charge in [-0.1, -0.05) is 42.0 Å². The molecule has 0 heterocycles. The number of likely N-dealkylation sites (N-methyl/N-ethyl adjacent to an activating group) is 1. The van der Waals surface area contributed by atoms with Gasteiger partial charge < -0.3 is 15.0 Å². The second kappa shape index (κ2) is 9.04. The van der Waals surface area contributed by atoms with Gasteiger partial charge in [-0.3, -0.25) is 9.59 Å². The minimum atomic E-state index is -0.556. The molecule has 0 saturated heterocycles. The first kappa shape index (κ1) is 19.5. The molecule has 1 N–H and O–H groups in total. The molecule has 0 aliphatic heterocycles. The Morgan fingerprint density at radius 2 is 1.81 bits per heavy atom. The van der Waals surface area contributed by atoms with Crippen LogP contribution in [-0.2, 0) is 22.6 Å². The number of aryl methyl sites for hydroxylation is 1. The summed E-state index contributed by atoms with van der Waals surface area (Å²) in [6.07, 6.45) is 0.263. The zero-order valence-electron chi connectivity index (χ0n) is 15.8. The summed E-state index contributed by atoms with van der Waals surface area (Å²) in [7, 11) is 3.19. The molecule has 0 spiro atoms. The number of amides is 2. The van der Waals surface area contributed by atoms with Crippen LogP contribution < -0.4 is 10.1 Å². The van der Waals surface area contributed by atoms with E-state index in [1.807, 2.05) is 55.5 Å². The Morgan fingerprint density at radius 3 is 2.38 bits per heavy atom. The summed E-state index contributed by atoms with van der Waals surface area (Å²) in [5.74, 6) is 0.490. The summed E-state index contributed by atoms with van der Waals surface area (Å²) in [5.41, 5.74) is 2.99. The lowest BCUT2D eigenvalue weighted by Gasteiger charge is -2.28. The molecular formula is C21H26N2O3. The fourth-order valence-electron chi connectivity index (χ4n) is 2.82. The highest BCUT2D eigenvalue weighted by molar-refractivity contribution is 5.88. The van der Waals surface area contributed by atoms with Crippen LogP contribution in [0, 0.1) is 6.92 Å². The first-order valence-corrected chi connectivity index (χ1v) is 8.64. The third-order valence-corrected chi connectivity index (χ3v) is 4.36. The molecule has 5 heteroatoms. The van der Waals surface area contributed by atoms with E-state index in [9.17, 15) is 9.59 Å². The molecule has 138 valence electrons. The van der Waals surface area contributed by atoms with Gasteiger partial charge in [0.15, 0.2) is 0 Å². The van der Waals surface area contributed by atoms with Gasteiger partial charge in [-0.2, -0.15) is 0 Å². The van der Waals surface area contributed by atoms with E-state index in [0.717, 1.165) is 22.4 Å². The van der Waals surface area contributed by atoms with E-state index in [0.29, 0.717) is 6.54 Å². The lowest BCUT2D eigenvalue weighted by atomic mass is 10.1. The molecule has 0 aliphatic rings. The van der Waals surface area contributed by atoms with Gasteiger partial charge in [0, 0.05) is 13.6 Å². The summed E-state index contributed by atoms with van der Waals surface area (Å²) in [5, 5.41) is 2.62. The van der Waals surface area contributed by atoms with Crippen molar-refractivity contribution in [2.45, 2.75) is 32.9 Å². The maximum absolute atomic E-state index is 12.9. The number of methoxy groups -OCH3 is 1. The zero-order valence-corrected chi connectivity index (χ0v) is 15.8. The molecule has 26 heavy (non-hydrogen) atoms. The topological polar surface area (TPSA) is 58.6 Å². The number of benzene rings is 2. The van der Waals surface area contributed by atoms with Gasteiger partial charge in [-0.25, -0.2) is 0 Å². The van der Waals surface area contributed by atoms with Crippen molar-refractivity contribution in [3.63, 3.8) is 0 Å². The van der Waals surface area contributed by atoms with Gasteiger partial charge in [0.1, 0.15) is 11.8 Å². The standard InChI is InChI=1S/C21H26N2O3/c1-15-6-5-7-18(12-15)13-20(24)23(16(2)21(25)22-3)14-17-8-10-19(26-4)11-9-17/h5-12,16H,13-14H2,1-4H3,(H,22,25)/t16-/m1/s1. The van der Waals surface area contributed by atoms with Gasteiger partial charge >= 0.3 is 0 Å². The summed E-state index contributed by atoms with van der Waals surface area (Å²) in [4.78, 5) is 26.7. The SMILES string of the molecule is CNC(=O)[C@@H](C)N(Cc1ccc(OC)cc1)C(=O)Cc1cccc(C)c1. The Labute approximate surface area is 155 Å². The Kier molecular flexibility index (Phi) is 6.78. The highest BCUT2D eigenvalue weighted by atomic mass is 16.5. The van der Waals surface area contributed by atoms with E-state index in [-0.39, 0.29) is 18.2 Å². The highest BCUT2D eigenvalue weighted by Crippen LogP contribution is 2.16. The van der Waals surface area contributed by atoms with Crippen molar-refractivity contribution in [2.75, 3.05) is 14.2 Å². The molecule has 1 atom stereocenters. The smallest absolute Gasteiger partial charge is 0.242 e. The number of ether oxygens (including phenoxy) is 1. The summed E-state index contributed by atoms with van der Waals surface area (Å²) < 4.78 is 5.17. The largest absolute Gasteiger partial charge is 0.497 e. The number of hydrogen-bond donors (Lipinski definition) is 1. The van der Waals surface area contributed by atoms with Gasteiger partial charge in [-0.05, 0) is 37.1 Å². The first-order chi connectivity index (χ1) is 12.4. The van der Waals surface area contributed by atoms with Crippen LogP contribution in [0.15, 0.2) is 48.5 Å². The van der Waals surface area contributed by atoms with Crippen molar-refractivity contribution in [2.24, 2.45) is 0 Å². The molecule has 0 bridgehead atoms. The summed E-state index contributed by atoms with van der Waals surface area (Å²) in [6, 6.07) is 14.8.